The molecule has 122 valence electrons. The SMILES string of the molecule is Cc1ccc(-c2cn3ccccc3n2)cc1NC(=O)c1ccccc1. The van der Waals surface area contributed by atoms with Gasteiger partial charge in [-0.3, -0.25) is 4.79 Å². The summed E-state index contributed by atoms with van der Waals surface area (Å²) in [6.07, 6.45) is 3.96. The summed E-state index contributed by atoms with van der Waals surface area (Å²) in [7, 11) is 0. The van der Waals surface area contributed by atoms with Crippen molar-refractivity contribution in [2.45, 2.75) is 6.92 Å². The molecule has 4 rings (SSSR count). The van der Waals surface area contributed by atoms with E-state index >= 15 is 0 Å². The van der Waals surface area contributed by atoms with Gasteiger partial charge in [0.15, 0.2) is 0 Å². The van der Waals surface area contributed by atoms with E-state index < -0.39 is 0 Å². The molecule has 0 saturated carbocycles. The zero-order valence-corrected chi connectivity index (χ0v) is 13.8. The molecular formula is C21H17N3O. The summed E-state index contributed by atoms with van der Waals surface area (Å²) < 4.78 is 1.98. The van der Waals surface area contributed by atoms with E-state index in [1.807, 2.05) is 78.3 Å². The minimum absolute atomic E-state index is 0.115. The van der Waals surface area contributed by atoms with Crippen LogP contribution in [0.25, 0.3) is 16.9 Å². The zero-order chi connectivity index (χ0) is 17.2. The highest BCUT2D eigenvalue weighted by Crippen LogP contribution is 2.25. The second kappa shape index (κ2) is 6.24. The third kappa shape index (κ3) is 3.02. The molecule has 2 heterocycles. The van der Waals surface area contributed by atoms with Crippen molar-refractivity contribution in [3.8, 4) is 11.3 Å². The van der Waals surface area contributed by atoms with Crippen LogP contribution < -0.4 is 5.32 Å². The number of anilines is 1. The van der Waals surface area contributed by atoms with E-state index in [-0.39, 0.29) is 5.91 Å². The Balaban J connectivity index is 1.67. The number of carbonyl (C=O) groups is 1. The highest BCUT2D eigenvalue weighted by molar-refractivity contribution is 6.04. The van der Waals surface area contributed by atoms with E-state index in [1.54, 1.807) is 12.1 Å². The van der Waals surface area contributed by atoms with Crippen LogP contribution in [0.15, 0.2) is 79.1 Å². The average molecular weight is 327 g/mol. The maximum atomic E-state index is 12.4. The van der Waals surface area contributed by atoms with Crippen LogP contribution in [0.5, 0.6) is 0 Å². The Morgan fingerprint density at radius 1 is 1.00 bits per heavy atom. The molecule has 0 aliphatic carbocycles. The normalized spacial score (nSPS) is 10.8. The van der Waals surface area contributed by atoms with E-state index in [1.165, 1.54) is 0 Å². The van der Waals surface area contributed by atoms with Crippen LogP contribution in [-0.4, -0.2) is 15.3 Å². The Labute approximate surface area is 145 Å². The lowest BCUT2D eigenvalue weighted by atomic mass is 10.1. The Kier molecular flexibility index (Phi) is 3.78. The summed E-state index contributed by atoms with van der Waals surface area (Å²) in [5, 5.41) is 3.00. The first-order valence-corrected chi connectivity index (χ1v) is 8.12. The average Bonchev–Trinajstić information content (AvgIpc) is 3.08. The van der Waals surface area contributed by atoms with Crippen LogP contribution in [-0.2, 0) is 0 Å². The van der Waals surface area contributed by atoms with Gasteiger partial charge in [0, 0.05) is 29.2 Å². The topological polar surface area (TPSA) is 46.4 Å². The standard InChI is InChI=1S/C21H17N3O/c1-15-10-11-17(19-14-24-12-6-5-9-20(24)22-19)13-18(15)23-21(25)16-7-3-2-4-8-16/h2-14H,1H3,(H,23,25). The Morgan fingerprint density at radius 3 is 2.60 bits per heavy atom. The molecule has 1 amide bonds. The summed E-state index contributed by atoms with van der Waals surface area (Å²) >= 11 is 0. The largest absolute Gasteiger partial charge is 0.322 e. The van der Waals surface area contributed by atoms with Crippen LogP contribution in [0.4, 0.5) is 5.69 Å². The number of carbonyl (C=O) groups excluding carboxylic acids is 1. The number of rotatable bonds is 3. The molecule has 4 aromatic rings. The molecule has 0 bridgehead atoms. The van der Waals surface area contributed by atoms with E-state index in [0.29, 0.717) is 5.56 Å². The molecule has 4 nitrogen and oxygen atoms in total. The number of nitrogens with one attached hydrogen (secondary N) is 1. The smallest absolute Gasteiger partial charge is 0.255 e. The van der Waals surface area contributed by atoms with Gasteiger partial charge in [0.25, 0.3) is 5.91 Å². The fraction of sp³-hybridized carbons (Fsp3) is 0.0476. The second-order valence-electron chi connectivity index (χ2n) is 5.94. The van der Waals surface area contributed by atoms with E-state index in [2.05, 4.69) is 10.3 Å². The van der Waals surface area contributed by atoms with Gasteiger partial charge >= 0.3 is 0 Å². The zero-order valence-electron chi connectivity index (χ0n) is 13.8. The fourth-order valence-electron chi connectivity index (χ4n) is 2.77. The summed E-state index contributed by atoms with van der Waals surface area (Å²) in [5.74, 6) is -0.115. The van der Waals surface area contributed by atoms with Gasteiger partial charge in [-0.15, -0.1) is 0 Å². The molecule has 4 heteroatoms. The van der Waals surface area contributed by atoms with Crippen molar-refractivity contribution >= 4 is 17.2 Å². The highest BCUT2D eigenvalue weighted by Gasteiger charge is 2.10. The molecule has 0 fully saturated rings. The molecule has 0 saturated heterocycles. The lowest BCUT2D eigenvalue weighted by Gasteiger charge is -2.10. The van der Waals surface area contributed by atoms with Crippen LogP contribution >= 0.6 is 0 Å². The quantitative estimate of drug-likeness (QED) is 0.599. The molecule has 0 spiro atoms. The molecule has 0 radical (unpaired) electrons. The minimum atomic E-state index is -0.115. The van der Waals surface area contributed by atoms with Gasteiger partial charge in [-0.1, -0.05) is 36.4 Å². The number of hydrogen-bond acceptors (Lipinski definition) is 2. The molecule has 0 unspecified atom stereocenters. The maximum Gasteiger partial charge on any atom is 0.255 e. The number of hydrogen-bond donors (Lipinski definition) is 1. The van der Waals surface area contributed by atoms with Crippen LogP contribution in [0.2, 0.25) is 0 Å². The van der Waals surface area contributed by atoms with Gasteiger partial charge in [0.05, 0.1) is 5.69 Å². The Morgan fingerprint density at radius 2 is 1.80 bits per heavy atom. The molecule has 0 aliphatic heterocycles. The van der Waals surface area contributed by atoms with E-state index in [4.69, 9.17) is 0 Å². The third-order valence-corrected chi connectivity index (χ3v) is 4.18. The molecule has 2 aromatic heterocycles. The fourth-order valence-corrected chi connectivity index (χ4v) is 2.77. The van der Waals surface area contributed by atoms with E-state index in [9.17, 15) is 4.79 Å². The Hall–Kier alpha value is -3.40. The molecule has 2 aromatic carbocycles. The Bertz CT molecular complexity index is 1020. The van der Waals surface area contributed by atoms with Gasteiger partial charge in [0.1, 0.15) is 5.65 Å². The number of fused-ring (bicyclic) bond motifs is 1. The predicted octanol–water partition coefficient (Wildman–Crippen LogP) is 4.56. The lowest BCUT2D eigenvalue weighted by Crippen LogP contribution is -2.12. The summed E-state index contributed by atoms with van der Waals surface area (Å²) in [5.41, 5.74) is 5.19. The van der Waals surface area contributed by atoms with Gasteiger partial charge < -0.3 is 9.72 Å². The van der Waals surface area contributed by atoms with Crippen molar-refractivity contribution in [2.75, 3.05) is 5.32 Å². The van der Waals surface area contributed by atoms with Gasteiger partial charge in [-0.05, 0) is 42.8 Å². The molecule has 25 heavy (non-hydrogen) atoms. The van der Waals surface area contributed by atoms with Gasteiger partial charge in [-0.25, -0.2) is 4.98 Å². The number of nitrogens with zero attached hydrogens (tertiary/aromatic N) is 2. The monoisotopic (exact) mass is 327 g/mol. The number of amides is 1. The first-order valence-electron chi connectivity index (χ1n) is 8.12. The van der Waals surface area contributed by atoms with Crippen LogP contribution in [0, 0.1) is 6.92 Å². The number of aryl methyl sites for hydroxylation is 1. The van der Waals surface area contributed by atoms with Crippen molar-refractivity contribution in [2.24, 2.45) is 0 Å². The summed E-state index contributed by atoms with van der Waals surface area (Å²) in [4.78, 5) is 17.1. The minimum Gasteiger partial charge on any atom is -0.322 e. The molecule has 1 N–H and O–H groups in total. The van der Waals surface area contributed by atoms with Crippen LogP contribution in [0.1, 0.15) is 15.9 Å². The van der Waals surface area contributed by atoms with Gasteiger partial charge in [-0.2, -0.15) is 0 Å². The number of imidazole rings is 1. The predicted molar refractivity (Wildman–Crippen MR) is 99.8 cm³/mol. The molecule has 0 atom stereocenters. The molecular weight excluding hydrogens is 310 g/mol. The number of aromatic nitrogens is 2. The third-order valence-electron chi connectivity index (χ3n) is 4.18. The van der Waals surface area contributed by atoms with Crippen molar-refractivity contribution in [1.29, 1.82) is 0 Å². The maximum absolute atomic E-state index is 12.4. The first kappa shape index (κ1) is 15.1. The summed E-state index contributed by atoms with van der Waals surface area (Å²) in [6.45, 7) is 1.98. The second-order valence-corrected chi connectivity index (χ2v) is 5.94. The van der Waals surface area contributed by atoms with Crippen molar-refractivity contribution in [3.05, 3.63) is 90.3 Å². The van der Waals surface area contributed by atoms with Crippen molar-refractivity contribution in [3.63, 3.8) is 0 Å². The first-order chi connectivity index (χ1) is 12.2. The highest BCUT2D eigenvalue weighted by atomic mass is 16.1. The van der Waals surface area contributed by atoms with Crippen molar-refractivity contribution < 1.29 is 4.79 Å². The molecule has 0 aliphatic rings. The number of pyridine rings is 1. The lowest BCUT2D eigenvalue weighted by molar-refractivity contribution is 0.102. The number of benzene rings is 2. The summed E-state index contributed by atoms with van der Waals surface area (Å²) in [6, 6.07) is 21.1. The van der Waals surface area contributed by atoms with Crippen LogP contribution in [0.3, 0.4) is 0 Å². The van der Waals surface area contributed by atoms with Crippen molar-refractivity contribution in [1.82, 2.24) is 9.38 Å². The van der Waals surface area contributed by atoms with Gasteiger partial charge in [0.2, 0.25) is 0 Å². The van der Waals surface area contributed by atoms with E-state index in [0.717, 1.165) is 28.2 Å².